The zero-order valence-electron chi connectivity index (χ0n) is 18.5. The topological polar surface area (TPSA) is 59.8 Å². The van der Waals surface area contributed by atoms with E-state index in [9.17, 15) is 4.79 Å². The van der Waals surface area contributed by atoms with Gasteiger partial charge in [-0.15, -0.1) is 0 Å². The van der Waals surface area contributed by atoms with Crippen LogP contribution in [0.25, 0.3) is 27.8 Å². The first-order valence-corrected chi connectivity index (χ1v) is 10.8. The van der Waals surface area contributed by atoms with Gasteiger partial charge in [0.05, 0.1) is 34.4 Å². The lowest BCUT2D eigenvalue weighted by Gasteiger charge is -2.11. The average Bonchev–Trinajstić information content (AvgIpc) is 3.18. The summed E-state index contributed by atoms with van der Waals surface area (Å²) in [4.78, 5) is 17.7. The van der Waals surface area contributed by atoms with Crippen LogP contribution in [0.1, 0.15) is 54.7 Å². The molecule has 0 unspecified atom stereocenters. The summed E-state index contributed by atoms with van der Waals surface area (Å²) >= 11 is 0. The quantitative estimate of drug-likeness (QED) is 0.444. The van der Waals surface area contributed by atoms with Crippen molar-refractivity contribution in [1.29, 1.82) is 0 Å². The van der Waals surface area contributed by atoms with Crippen molar-refractivity contribution in [2.75, 3.05) is 6.54 Å². The molecule has 0 aliphatic rings. The first kappa shape index (κ1) is 20.8. The Morgan fingerprint density at radius 2 is 1.84 bits per heavy atom. The second-order valence-electron chi connectivity index (χ2n) is 8.13. The summed E-state index contributed by atoms with van der Waals surface area (Å²) in [7, 11) is 0. The number of nitrogens with one attached hydrogen (secondary N) is 1. The number of fused-ring (bicyclic) bond motifs is 1. The number of hydrogen-bond donors (Lipinski definition) is 1. The number of amides is 1. The molecule has 2 aromatic heterocycles. The van der Waals surface area contributed by atoms with E-state index in [4.69, 9.17) is 4.98 Å². The Hall–Kier alpha value is -3.47. The Morgan fingerprint density at radius 3 is 2.55 bits per heavy atom. The average molecular weight is 413 g/mol. The van der Waals surface area contributed by atoms with Gasteiger partial charge in [-0.2, -0.15) is 5.10 Å². The van der Waals surface area contributed by atoms with Crippen LogP contribution in [-0.4, -0.2) is 27.2 Å². The summed E-state index contributed by atoms with van der Waals surface area (Å²) in [6.45, 7) is 9.10. The van der Waals surface area contributed by atoms with E-state index in [-0.39, 0.29) is 5.91 Å². The molecule has 31 heavy (non-hydrogen) atoms. The van der Waals surface area contributed by atoms with Crippen LogP contribution >= 0.6 is 0 Å². The Morgan fingerprint density at radius 1 is 1.10 bits per heavy atom. The van der Waals surface area contributed by atoms with Crippen LogP contribution in [0.15, 0.2) is 60.8 Å². The van der Waals surface area contributed by atoms with Crippen molar-refractivity contribution < 1.29 is 4.79 Å². The largest absolute Gasteiger partial charge is 0.352 e. The highest BCUT2D eigenvalue weighted by molar-refractivity contribution is 6.07. The van der Waals surface area contributed by atoms with Gasteiger partial charge in [-0.3, -0.25) is 4.79 Å². The normalized spacial score (nSPS) is 11.3. The minimum Gasteiger partial charge on any atom is -0.352 e. The lowest BCUT2D eigenvalue weighted by molar-refractivity contribution is 0.0955. The highest BCUT2D eigenvalue weighted by atomic mass is 16.1. The molecule has 5 nitrogen and oxygen atoms in total. The van der Waals surface area contributed by atoms with Crippen LogP contribution in [0.4, 0.5) is 0 Å². The van der Waals surface area contributed by atoms with Gasteiger partial charge in [-0.25, -0.2) is 9.67 Å². The number of carbonyl (C=O) groups is 1. The SMILES string of the molecule is CCCNC(=O)c1cc(-c2cnn(-c3ccc(C(C)C)cc3)c2C)nc2ccccc12. The summed E-state index contributed by atoms with van der Waals surface area (Å²) in [5.41, 5.74) is 6.41. The Balaban J connectivity index is 1.78. The molecule has 0 aliphatic carbocycles. The minimum absolute atomic E-state index is 0.0731. The van der Waals surface area contributed by atoms with Gasteiger partial charge in [0.1, 0.15) is 0 Å². The van der Waals surface area contributed by atoms with Crippen molar-refractivity contribution in [2.45, 2.75) is 40.0 Å². The summed E-state index contributed by atoms with van der Waals surface area (Å²) in [5.74, 6) is 0.415. The fourth-order valence-corrected chi connectivity index (χ4v) is 3.76. The van der Waals surface area contributed by atoms with Crippen molar-refractivity contribution in [2.24, 2.45) is 0 Å². The van der Waals surface area contributed by atoms with Crippen LogP contribution in [0.3, 0.4) is 0 Å². The molecular formula is C26H28N4O. The Kier molecular flexibility index (Phi) is 5.85. The molecule has 5 heteroatoms. The van der Waals surface area contributed by atoms with E-state index in [0.29, 0.717) is 18.0 Å². The second kappa shape index (κ2) is 8.72. The molecule has 0 radical (unpaired) electrons. The minimum atomic E-state index is -0.0731. The molecule has 0 atom stereocenters. The van der Waals surface area contributed by atoms with Gasteiger partial charge in [0.25, 0.3) is 5.91 Å². The van der Waals surface area contributed by atoms with Gasteiger partial charge in [0.2, 0.25) is 0 Å². The number of pyridine rings is 1. The van der Waals surface area contributed by atoms with Gasteiger partial charge in [-0.05, 0) is 49.1 Å². The third-order valence-corrected chi connectivity index (χ3v) is 5.59. The van der Waals surface area contributed by atoms with E-state index >= 15 is 0 Å². The third kappa shape index (κ3) is 4.08. The van der Waals surface area contributed by atoms with Crippen LogP contribution < -0.4 is 5.32 Å². The van der Waals surface area contributed by atoms with Gasteiger partial charge in [0.15, 0.2) is 0 Å². The number of rotatable bonds is 6. The first-order valence-electron chi connectivity index (χ1n) is 10.8. The molecule has 0 spiro atoms. The van der Waals surface area contributed by atoms with Gasteiger partial charge in [-0.1, -0.05) is 51.1 Å². The number of nitrogens with zero attached hydrogens (tertiary/aromatic N) is 3. The zero-order valence-corrected chi connectivity index (χ0v) is 18.5. The maximum Gasteiger partial charge on any atom is 0.252 e. The number of benzene rings is 2. The molecule has 0 saturated carbocycles. The van der Waals surface area contributed by atoms with Gasteiger partial charge < -0.3 is 5.32 Å². The fourth-order valence-electron chi connectivity index (χ4n) is 3.76. The molecule has 1 N–H and O–H groups in total. The predicted molar refractivity (Wildman–Crippen MR) is 126 cm³/mol. The molecule has 0 fully saturated rings. The summed E-state index contributed by atoms with van der Waals surface area (Å²) in [5, 5.41) is 8.46. The molecule has 4 aromatic rings. The van der Waals surface area contributed by atoms with Crippen molar-refractivity contribution in [3.8, 4) is 16.9 Å². The predicted octanol–water partition coefficient (Wildman–Crippen LogP) is 5.66. The third-order valence-electron chi connectivity index (χ3n) is 5.59. The highest BCUT2D eigenvalue weighted by Gasteiger charge is 2.17. The number of aromatic nitrogens is 3. The molecule has 2 heterocycles. The van der Waals surface area contributed by atoms with E-state index in [2.05, 4.69) is 48.5 Å². The number of carbonyl (C=O) groups excluding carboxylic acids is 1. The summed E-state index contributed by atoms with van der Waals surface area (Å²) in [6, 6.07) is 18.1. The van der Waals surface area contributed by atoms with Crippen molar-refractivity contribution in [3.05, 3.63) is 77.6 Å². The molecular weight excluding hydrogens is 384 g/mol. The molecule has 4 rings (SSSR count). The number of hydrogen-bond acceptors (Lipinski definition) is 3. The van der Waals surface area contributed by atoms with E-state index in [0.717, 1.165) is 40.0 Å². The second-order valence-corrected chi connectivity index (χ2v) is 8.13. The Bertz CT molecular complexity index is 1220. The fraction of sp³-hybridized carbons (Fsp3) is 0.269. The lowest BCUT2D eigenvalue weighted by Crippen LogP contribution is -2.24. The first-order chi connectivity index (χ1) is 15.0. The van der Waals surface area contributed by atoms with E-state index in [1.165, 1.54) is 5.56 Å². The van der Waals surface area contributed by atoms with Crippen molar-refractivity contribution >= 4 is 16.8 Å². The highest BCUT2D eigenvalue weighted by Crippen LogP contribution is 2.28. The smallest absolute Gasteiger partial charge is 0.252 e. The summed E-state index contributed by atoms with van der Waals surface area (Å²) in [6.07, 6.45) is 2.72. The Labute approximate surface area is 183 Å². The maximum absolute atomic E-state index is 12.8. The van der Waals surface area contributed by atoms with Crippen LogP contribution in [0.2, 0.25) is 0 Å². The van der Waals surface area contributed by atoms with Gasteiger partial charge in [0, 0.05) is 17.5 Å². The molecule has 1 amide bonds. The summed E-state index contributed by atoms with van der Waals surface area (Å²) < 4.78 is 1.92. The molecule has 0 bridgehead atoms. The number of para-hydroxylation sites is 1. The maximum atomic E-state index is 12.8. The van der Waals surface area contributed by atoms with Crippen LogP contribution in [-0.2, 0) is 0 Å². The molecule has 0 aliphatic heterocycles. The monoisotopic (exact) mass is 412 g/mol. The lowest BCUT2D eigenvalue weighted by atomic mass is 10.0. The van der Waals surface area contributed by atoms with Crippen LogP contribution in [0, 0.1) is 6.92 Å². The van der Waals surface area contributed by atoms with Crippen LogP contribution in [0.5, 0.6) is 0 Å². The standard InChI is InChI=1S/C26H28N4O/c1-5-14-27-26(31)22-15-25(29-24-9-7-6-8-21(22)24)23-16-28-30(18(23)4)20-12-10-19(11-13-20)17(2)3/h6-13,15-17H,5,14H2,1-4H3,(H,27,31). The molecule has 2 aromatic carbocycles. The van der Waals surface area contributed by atoms with E-state index < -0.39 is 0 Å². The van der Waals surface area contributed by atoms with Crippen molar-refractivity contribution in [1.82, 2.24) is 20.1 Å². The molecule has 0 saturated heterocycles. The van der Waals surface area contributed by atoms with E-state index in [1.807, 2.05) is 55.1 Å². The molecule has 158 valence electrons. The zero-order chi connectivity index (χ0) is 22.0. The van der Waals surface area contributed by atoms with Crippen molar-refractivity contribution in [3.63, 3.8) is 0 Å². The van der Waals surface area contributed by atoms with Gasteiger partial charge >= 0.3 is 0 Å². The van der Waals surface area contributed by atoms with E-state index in [1.54, 1.807) is 0 Å².